The maximum atomic E-state index is 5.92. The molecule has 0 aliphatic heterocycles. The first-order chi connectivity index (χ1) is 11.1. The summed E-state index contributed by atoms with van der Waals surface area (Å²) in [6.45, 7) is 5.30. The van der Waals surface area contributed by atoms with E-state index in [1.807, 2.05) is 18.2 Å². The lowest BCUT2D eigenvalue weighted by molar-refractivity contribution is 0.355. The fourth-order valence-electron chi connectivity index (χ4n) is 2.32. The van der Waals surface area contributed by atoms with E-state index in [1.54, 1.807) is 14.2 Å². The molecule has 3 N–H and O–H groups in total. The van der Waals surface area contributed by atoms with Gasteiger partial charge in [0.2, 0.25) is 0 Å². The molecule has 0 atom stereocenters. The molecule has 0 fully saturated rings. The number of nitrogens with zero attached hydrogens (tertiary/aromatic N) is 1. The van der Waals surface area contributed by atoms with Crippen molar-refractivity contribution >= 4 is 11.6 Å². The van der Waals surface area contributed by atoms with E-state index in [0.717, 1.165) is 24.6 Å². The number of hydrogen-bond donors (Lipinski definition) is 2. The average molecular weight is 321 g/mol. The quantitative estimate of drug-likeness (QED) is 0.388. The molecule has 130 valence electrons. The van der Waals surface area contributed by atoms with Crippen LogP contribution in [0.25, 0.3) is 0 Å². The van der Waals surface area contributed by atoms with Crippen LogP contribution in [-0.2, 0) is 0 Å². The third-order valence-corrected chi connectivity index (χ3v) is 3.63. The molecule has 0 unspecified atom stereocenters. The van der Waals surface area contributed by atoms with Crippen molar-refractivity contribution in [2.45, 2.75) is 46.0 Å². The van der Waals surface area contributed by atoms with E-state index in [9.17, 15) is 0 Å². The Hall–Kier alpha value is -1.91. The lowest BCUT2D eigenvalue weighted by atomic mass is 10.0. The topological polar surface area (TPSA) is 68.9 Å². The highest BCUT2D eigenvalue weighted by molar-refractivity contribution is 5.92. The van der Waals surface area contributed by atoms with Crippen LogP contribution < -0.4 is 20.5 Å². The summed E-state index contributed by atoms with van der Waals surface area (Å²) in [4.78, 5) is 4.36. The average Bonchev–Trinajstić information content (AvgIpc) is 2.53. The Bertz CT molecular complexity index is 487. The van der Waals surface area contributed by atoms with Crippen molar-refractivity contribution in [3.05, 3.63) is 18.2 Å². The Morgan fingerprint density at radius 3 is 2.43 bits per heavy atom. The molecular formula is C18H31N3O2. The summed E-state index contributed by atoms with van der Waals surface area (Å²) in [5.41, 5.74) is 6.75. The fourth-order valence-corrected chi connectivity index (χ4v) is 2.32. The normalized spacial score (nSPS) is 11.6. The first kappa shape index (κ1) is 19.1. The molecule has 0 aromatic heterocycles. The van der Waals surface area contributed by atoms with E-state index < -0.39 is 0 Å². The molecule has 0 radical (unpaired) electrons. The van der Waals surface area contributed by atoms with E-state index in [1.165, 1.54) is 25.7 Å². The molecule has 0 amide bonds. The van der Waals surface area contributed by atoms with Gasteiger partial charge in [-0.2, -0.15) is 0 Å². The van der Waals surface area contributed by atoms with Gasteiger partial charge in [0.15, 0.2) is 17.5 Å². The first-order valence-electron chi connectivity index (χ1n) is 8.35. The molecule has 0 spiro atoms. The smallest absolute Gasteiger partial charge is 0.193 e. The van der Waals surface area contributed by atoms with Gasteiger partial charge in [-0.15, -0.1) is 0 Å². The second-order valence-corrected chi connectivity index (χ2v) is 6.06. The van der Waals surface area contributed by atoms with E-state index in [-0.39, 0.29) is 0 Å². The van der Waals surface area contributed by atoms with Crippen LogP contribution >= 0.6 is 0 Å². The highest BCUT2D eigenvalue weighted by Crippen LogP contribution is 2.29. The van der Waals surface area contributed by atoms with Gasteiger partial charge in [-0.3, -0.25) is 4.99 Å². The van der Waals surface area contributed by atoms with Gasteiger partial charge >= 0.3 is 0 Å². The van der Waals surface area contributed by atoms with Crippen molar-refractivity contribution in [1.29, 1.82) is 0 Å². The van der Waals surface area contributed by atoms with Gasteiger partial charge in [0.1, 0.15) is 0 Å². The third-order valence-electron chi connectivity index (χ3n) is 3.63. The van der Waals surface area contributed by atoms with Crippen LogP contribution in [0.1, 0.15) is 46.0 Å². The number of methoxy groups -OCH3 is 2. The minimum atomic E-state index is 0.430. The molecule has 23 heavy (non-hydrogen) atoms. The third kappa shape index (κ3) is 7.77. The van der Waals surface area contributed by atoms with Gasteiger partial charge in [-0.1, -0.05) is 39.5 Å². The van der Waals surface area contributed by atoms with Crippen LogP contribution in [-0.4, -0.2) is 26.7 Å². The van der Waals surface area contributed by atoms with Gasteiger partial charge in [0, 0.05) is 18.3 Å². The van der Waals surface area contributed by atoms with Crippen LogP contribution in [0.5, 0.6) is 11.5 Å². The minimum Gasteiger partial charge on any atom is -0.493 e. The number of nitrogens with one attached hydrogen (secondary N) is 1. The molecule has 1 rings (SSSR count). The number of hydrogen-bond acceptors (Lipinski definition) is 3. The largest absolute Gasteiger partial charge is 0.493 e. The highest BCUT2D eigenvalue weighted by atomic mass is 16.5. The zero-order valence-electron chi connectivity index (χ0n) is 14.9. The van der Waals surface area contributed by atoms with Gasteiger partial charge in [0.25, 0.3) is 0 Å². The van der Waals surface area contributed by atoms with Crippen LogP contribution in [0.4, 0.5) is 5.69 Å². The van der Waals surface area contributed by atoms with Crippen molar-refractivity contribution in [3.8, 4) is 11.5 Å². The first-order valence-corrected chi connectivity index (χ1v) is 8.35. The van der Waals surface area contributed by atoms with E-state index >= 15 is 0 Å². The number of guanidine groups is 1. The number of unbranched alkanes of at least 4 members (excludes halogenated alkanes) is 3. The number of rotatable bonds is 10. The molecule has 5 nitrogen and oxygen atoms in total. The Labute approximate surface area is 140 Å². The molecule has 0 heterocycles. The second kappa shape index (κ2) is 10.8. The van der Waals surface area contributed by atoms with Crippen molar-refractivity contribution in [2.75, 3.05) is 26.1 Å². The van der Waals surface area contributed by atoms with Crippen molar-refractivity contribution in [2.24, 2.45) is 16.6 Å². The number of benzene rings is 1. The van der Waals surface area contributed by atoms with Crippen LogP contribution in [0.3, 0.4) is 0 Å². The number of anilines is 1. The molecule has 0 aliphatic carbocycles. The molecule has 0 aliphatic rings. The maximum Gasteiger partial charge on any atom is 0.193 e. The highest BCUT2D eigenvalue weighted by Gasteiger charge is 2.04. The van der Waals surface area contributed by atoms with Gasteiger partial charge in [-0.25, -0.2) is 0 Å². The number of aliphatic imine (C=N–C) groups is 1. The lowest BCUT2D eigenvalue weighted by Gasteiger charge is -2.11. The van der Waals surface area contributed by atoms with Crippen LogP contribution in [0.2, 0.25) is 0 Å². The summed E-state index contributed by atoms with van der Waals surface area (Å²) >= 11 is 0. The van der Waals surface area contributed by atoms with Gasteiger partial charge < -0.3 is 20.5 Å². The maximum absolute atomic E-state index is 5.92. The summed E-state index contributed by atoms with van der Waals surface area (Å²) in [5, 5.41) is 3.08. The molecule has 5 heteroatoms. The molecular weight excluding hydrogens is 290 g/mol. The monoisotopic (exact) mass is 321 g/mol. The van der Waals surface area contributed by atoms with Gasteiger partial charge in [0.05, 0.1) is 14.2 Å². The molecule has 0 saturated carbocycles. The zero-order valence-corrected chi connectivity index (χ0v) is 14.9. The summed E-state index contributed by atoms with van der Waals surface area (Å²) in [6.07, 6.45) is 6.18. The van der Waals surface area contributed by atoms with Crippen molar-refractivity contribution in [1.82, 2.24) is 0 Å². The van der Waals surface area contributed by atoms with Crippen LogP contribution in [0.15, 0.2) is 23.2 Å². The summed E-state index contributed by atoms with van der Waals surface area (Å²) in [7, 11) is 3.22. The standard InChI is InChI=1S/C18H31N3O2/c1-14(2)9-7-5-6-8-12-20-18(19)21-15-10-11-16(22-3)17(13-15)23-4/h10-11,13-14H,5-9,12H2,1-4H3,(H3,19,20,21). The summed E-state index contributed by atoms with van der Waals surface area (Å²) in [6, 6.07) is 5.56. The molecule has 1 aromatic rings. The minimum absolute atomic E-state index is 0.430. The van der Waals surface area contributed by atoms with Crippen molar-refractivity contribution in [3.63, 3.8) is 0 Å². The van der Waals surface area contributed by atoms with E-state index in [4.69, 9.17) is 15.2 Å². The fraction of sp³-hybridized carbons (Fsp3) is 0.611. The molecule has 0 bridgehead atoms. The molecule has 1 aromatic carbocycles. The van der Waals surface area contributed by atoms with Crippen LogP contribution in [0, 0.1) is 5.92 Å². The summed E-state index contributed by atoms with van der Waals surface area (Å²) < 4.78 is 10.5. The lowest BCUT2D eigenvalue weighted by Crippen LogP contribution is -2.22. The Balaban J connectivity index is 2.33. The number of nitrogens with two attached hydrogens (primary N) is 1. The zero-order chi connectivity index (χ0) is 17.1. The Morgan fingerprint density at radius 2 is 1.78 bits per heavy atom. The summed E-state index contributed by atoms with van der Waals surface area (Å²) in [5.74, 6) is 2.58. The predicted molar refractivity (Wildman–Crippen MR) is 97.6 cm³/mol. The van der Waals surface area contributed by atoms with E-state index in [0.29, 0.717) is 17.5 Å². The Morgan fingerprint density at radius 1 is 1.09 bits per heavy atom. The second-order valence-electron chi connectivity index (χ2n) is 6.06. The van der Waals surface area contributed by atoms with Crippen molar-refractivity contribution < 1.29 is 9.47 Å². The predicted octanol–water partition coefficient (Wildman–Crippen LogP) is 4.04. The van der Waals surface area contributed by atoms with E-state index in [2.05, 4.69) is 24.2 Å². The Kier molecular flexibility index (Phi) is 8.95. The number of ether oxygens (including phenoxy) is 2. The SMILES string of the molecule is COc1ccc(NC(N)=NCCCCCCC(C)C)cc1OC. The van der Waals surface area contributed by atoms with Gasteiger partial charge in [-0.05, 0) is 24.5 Å². The molecule has 0 saturated heterocycles.